The molecule has 2 aromatic rings. The van der Waals surface area contributed by atoms with Gasteiger partial charge in [0.2, 0.25) is 0 Å². The van der Waals surface area contributed by atoms with Crippen LogP contribution in [0, 0.1) is 10.1 Å². The summed E-state index contributed by atoms with van der Waals surface area (Å²) in [5.74, 6) is -0.442. The number of anilines is 1. The van der Waals surface area contributed by atoms with Gasteiger partial charge in [-0.25, -0.2) is 4.98 Å². The molecule has 1 heterocycles. The average Bonchev–Trinajstić information content (AvgIpc) is 2.89. The minimum Gasteiger partial charge on any atom is -0.325 e. The molecule has 7 nitrogen and oxygen atoms in total. The predicted molar refractivity (Wildman–Crippen MR) is 78.8 cm³/mol. The summed E-state index contributed by atoms with van der Waals surface area (Å²) < 4.78 is 0.547. The SMILES string of the molecule is NCc1nc(C(=O)Nc2cc([N+](=O)[O-])ccc2Br)cs1. The van der Waals surface area contributed by atoms with Crippen LogP contribution in [-0.4, -0.2) is 15.8 Å². The van der Waals surface area contributed by atoms with E-state index in [-0.39, 0.29) is 17.9 Å². The number of thiazole rings is 1. The standard InChI is InChI=1S/C11H9BrN4O3S/c12-7-2-1-6(16(18)19)3-8(7)15-11(17)9-5-20-10(4-13)14-9/h1-3,5H,4,13H2,(H,15,17). The van der Waals surface area contributed by atoms with E-state index >= 15 is 0 Å². The first-order valence-electron chi connectivity index (χ1n) is 5.41. The molecule has 0 aliphatic rings. The molecule has 0 radical (unpaired) electrons. The Kier molecular flexibility index (Phi) is 4.42. The minimum atomic E-state index is -0.530. The summed E-state index contributed by atoms with van der Waals surface area (Å²) in [6.07, 6.45) is 0. The second kappa shape index (κ2) is 6.07. The monoisotopic (exact) mass is 356 g/mol. The average molecular weight is 357 g/mol. The molecule has 1 amide bonds. The second-order valence-electron chi connectivity index (χ2n) is 3.71. The van der Waals surface area contributed by atoms with Crippen molar-refractivity contribution in [2.75, 3.05) is 5.32 Å². The molecule has 0 atom stereocenters. The lowest BCUT2D eigenvalue weighted by atomic mass is 10.2. The number of halogens is 1. The summed E-state index contributed by atoms with van der Waals surface area (Å²) in [7, 11) is 0. The molecule has 3 N–H and O–H groups in total. The fourth-order valence-corrected chi connectivity index (χ4v) is 2.42. The van der Waals surface area contributed by atoms with Gasteiger partial charge >= 0.3 is 0 Å². The minimum absolute atomic E-state index is 0.107. The summed E-state index contributed by atoms with van der Waals surface area (Å²) in [4.78, 5) is 26.2. The molecule has 9 heteroatoms. The third-order valence-electron chi connectivity index (χ3n) is 2.37. The van der Waals surface area contributed by atoms with E-state index in [9.17, 15) is 14.9 Å². The van der Waals surface area contributed by atoms with E-state index < -0.39 is 10.8 Å². The molecule has 0 fully saturated rings. The van der Waals surface area contributed by atoms with Crippen LogP contribution in [0.2, 0.25) is 0 Å². The van der Waals surface area contributed by atoms with Crippen molar-refractivity contribution in [3.05, 3.63) is 48.9 Å². The molecular formula is C11H9BrN4O3S. The van der Waals surface area contributed by atoms with Crippen molar-refractivity contribution in [3.63, 3.8) is 0 Å². The number of rotatable bonds is 4. The maximum Gasteiger partial charge on any atom is 0.275 e. The molecule has 20 heavy (non-hydrogen) atoms. The highest BCUT2D eigenvalue weighted by atomic mass is 79.9. The van der Waals surface area contributed by atoms with E-state index in [0.29, 0.717) is 15.2 Å². The van der Waals surface area contributed by atoms with Crippen LogP contribution >= 0.6 is 27.3 Å². The van der Waals surface area contributed by atoms with Gasteiger partial charge in [0.15, 0.2) is 0 Å². The maximum atomic E-state index is 12.0. The van der Waals surface area contributed by atoms with Crippen LogP contribution < -0.4 is 11.1 Å². The summed E-state index contributed by atoms with van der Waals surface area (Å²) in [5, 5.41) is 15.5. The summed E-state index contributed by atoms with van der Waals surface area (Å²) in [5.41, 5.74) is 5.86. The Morgan fingerprint density at radius 1 is 1.55 bits per heavy atom. The van der Waals surface area contributed by atoms with Crippen LogP contribution in [0.3, 0.4) is 0 Å². The number of hydrogen-bond acceptors (Lipinski definition) is 6. The second-order valence-corrected chi connectivity index (χ2v) is 5.50. The Labute approximate surface area is 126 Å². The Balaban J connectivity index is 2.22. The molecule has 0 saturated heterocycles. The van der Waals surface area contributed by atoms with Crippen molar-refractivity contribution in [2.24, 2.45) is 5.73 Å². The number of nitrogens with two attached hydrogens (primary N) is 1. The van der Waals surface area contributed by atoms with Gasteiger partial charge in [-0.2, -0.15) is 0 Å². The molecule has 0 bridgehead atoms. The zero-order valence-corrected chi connectivity index (χ0v) is 12.4. The normalized spacial score (nSPS) is 10.3. The topological polar surface area (TPSA) is 111 Å². The smallest absolute Gasteiger partial charge is 0.275 e. The van der Waals surface area contributed by atoms with Crippen LogP contribution in [0.15, 0.2) is 28.1 Å². The van der Waals surface area contributed by atoms with Crippen molar-refractivity contribution in [1.82, 2.24) is 4.98 Å². The van der Waals surface area contributed by atoms with Crippen LogP contribution in [0.4, 0.5) is 11.4 Å². The van der Waals surface area contributed by atoms with Gasteiger partial charge in [0.1, 0.15) is 10.7 Å². The lowest BCUT2D eigenvalue weighted by molar-refractivity contribution is -0.384. The Hall–Kier alpha value is -1.84. The highest BCUT2D eigenvalue weighted by Crippen LogP contribution is 2.27. The molecule has 0 aliphatic carbocycles. The molecule has 0 saturated carbocycles. The Bertz CT molecular complexity index is 673. The van der Waals surface area contributed by atoms with Gasteiger partial charge in [-0.3, -0.25) is 14.9 Å². The van der Waals surface area contributed by atoms with Crippen molar-refractivity contribution in [2.45, 2.75) is 6.54 Å². The Morgan fingerprint density at radius 2 is 2.30 bits per heavy atom. The number of non-ortho nitro benzene ring substituents is 1. The van der Waals surface area contributed by atoms with E-state index in [1.54, 1.807) is 5.38 Å². The first kappa shape index (κ1) is 14.6. The van der Waals surface area contributed by atoms with Crippen LogP contribution in [0.1, 0.15) is 15.5 Å². The number of carbonyl (C=O) groups is 1. The number of amides is 1. The Morgan fingerprint density at radius 3 is 2.90 bits per heavy atom. The van der Waals surface area contributed by atoms with Gasteiger partial charge in [0, 0.05) is 28.5 Å². The molecule has 0 aliphatic heterocycles. The molecule has 104 valence electrons. The van der Waals surface area contributed by atoms with Crippen molar-refractivity contribution >= 4 is 44.5 Å². The van der Waals surface area contributed by atoms with E-state index in [1.165, 1.54) is 29.5 Å². The maximum absolute atomic E-state index is 12.0. The number of nitrogens with one attached hydrogen (secondary N) is 1. The number of hydrogen-bond donors (Lipinski definition) is 2. The van der Waals surface area contributed by atoms with Crippen molar-refractivity contribution in [3.8, 4) is 0 Å². The van der Waals surface area contributed by atoms with Crippen molar-refractivity contribution < 1.29 is 9.72 Å². The first-order chi connectivity index (χ1) is 9.51. The largest absolute Gasteiger partial charge is 0.325 e. The van der Waals surface area contributed by atoms with Crippen molar-refractivity contribution in [1.29, 1.82) is 0 Å². The summed E-state index contributed by atoms with van der Waals surface area (Å²) in [6, 6.07) is 4.12. The van der Waals surface area contributed by atoms with E-state index in [1.807, 2.05) is 0 Å². The highest BCUT2D eigenvalue weighted by Gasteiger charge is 2.15. The van der Waals surface area contributed by atoms with E-state index in [0.717, 1.165) is 0 Å². The van der Waals surface area contributed by atoms with Gasteiger partial charge in [-0.1, -0.05) is 0 Å². The molecule has 1 aromatic heterocycles. The number of aromatic nitrogens is 1. The fraction of sp³-hybridized carbons (Fsp3) is 0.0909. The molecule has 1 aromatic carbocycles. The number of benzene rings is 1. The summed E-state index contributed by atoms with van der Waals surface area (Å²) in [6.45, 7) is 0.262. The zero-order chi connectivity index (χ0) is 14.7. The quantitative estimate of drug-likeness (QED) is 0.645. The van der Waals surface area contributed by atoms with Crippen LogP contribution in [0.25, 0.3) is 0 Å². The number of nitro benzene ring substituents is 1. The molecular weight excluding hydrogens is 348 g/mol. The molecule has 2 rings (SSSR count). The number of nitrogens with zero attached hydrogens (tertiary/aromatic N) is 2. The van der Waals surface area contributed by atoms with Gasteiger partial charge in [-0.15, -0.1) is 11.3 Å². The van der Waals surface area contributed by atoms with Gasteiger partial charge in [0.25, 0.3) is 11.6 Å². The van der Waals surface area contributed by atoms with Crippen LogP contribution in [0.5, 0.6) is 0 Å². The lowest BCUT2D eigenvalue weighted by Gasteiger charge is -2.05. The molecule has 0 spiro atoms. The molecule has 0 unspecified atom stereocenters. The zero-order valence-electron chi connectivity index (χ0n) is 10.00. The summed E-state index contributed by atoms with van der Waals surface area (Å²) >= 11 is 4.51. The van der Waals surface area contributed by atoms with E-state index in [4.69, 9.17) is 5.73 Å². The lowest BCUT2D eigenvalue weighted by Crippen LogP contribution is -2.13. The first-order valence-corrected chi connectivity index (χ1v) is 7.08. The predicted octanol–water partition coefficient (Wildman–Crippen LogP) is 2.52. The third kappa shape index (κ3) is 3.18. The van der Waals surface area contributed by atoms with Gasteiger partial charge in [-0.05, 0) is 22.0 Å². The number of carbonyl (C=O) groups excluding carboxylic acids is 1. The van der Waals surface area contributed by atoms with Gasteiger partial charge in [0.05, 0.1) is 10.6 Å². The van der Waals surface area contributed by atoms with Crippen LogP contribution in [-0.2, 0) is 6.54 Å². The van der Waals surface area contributed by atoms with Gasteiger partial charge < -0.3 is 11.1 Å². The fourth-order valence-electron chi connectivity index (χ4n) is 1.42. The number of nitro groups is 1. The van der Waals surface area contributed by atoms with E-state index in [2.05, 4.69) is 26.2 Å². The third-order valence-corrected chi connectivity index (χ3v) is 3.93. The highest BCUT2D eigenvalue weighted by molar-refractivity contribution is 9.10.